The molecule has 0 spiro atoms. The Labute approximate surface area is 413 Å². The Bertz CT molecular complexity index is 3410. The lowest BCUT2D eigenvalue weighted by Crippen LogP contribution is -2.11. The second kappa shape index (κ2) is 18.0. The number of hydrogen-bond acceptors (Lipinski definition) is 12. The van der Waals surface area contributed by atoms with Gasteiger partial charge in [-0.2, -0.15) is 0 Å². The smallest absolute Gasteiger partial charge is 0.116 e. The lowest BCUT2D eigenvalue weighted by atomic mass is 9.72. The molecule has 12 aromatic rings. The van der Waals surface area contributed by atoms with Gasteiger partial charge in [0.1, 0.15) is 12.7 Å². The highest BCUT2D eigenvalue weighted by atomic mass is 14.9. The molecule has 0 saturated carbocycles. The molecule has 13 rings (SSSR count). The van der Waals surface area contributed by atoms with Crippen molar-refractivity contribution in [3.05, 3.63) is 220 Å². The molecule has 336 valence electrons. The molecule has 1 aliphatic carbocycles. The quantitative estimate of drug-likeness (QED) is 0.142. The molecule has 0 atom stereocenters. The van der Waals surface area contributed by atoms with E-state index in [1.54, 1.807) is 12.7 Å². The monoisotopic (exact) mass is 924 g/mol. The van der Waals surface area contributed by atoms with E-state index in [2.05, 4.69) is 0 Å². The fourth-order valence-electron chi connectivity index (χ4n) is 10.1. The van der Waals surface area contributed by atoms with Crippen molar-refractivity contribution >= 4 is 0 Å². The molecule has 0 saturated heterocycles. The summed E-state index contributed by atoms with van der Waals surface area (Å²) < 4.78 is 0. The van der Waals surface area contributed by atoms with Gasteiger partial charge in [-0.05, 0) is 97.1 Å². The summed E-state index contributed by atoms with van der Waals surface area (Å²) in [7, 11) is 0. The summed E-state index contributed by atoms with van der Waals surface area (Å²) in [6, 6.07) is 47.5. The summed E-state index contributed by atoms with van der Waals surface area (Å²) in [5.41, 5.74) is 17.4. The van der Waals surface area contributed by atoms with Crippen molar-refractivity contribution in [2.75, 3.05) is 0 Å². The summed E-state index contributed by atoms with van der Waals surface area (Å²) in [4.78, 5) is 61.6. The number of aromatic nitrogens is 12. The molecular weight excluding hydrogens is 889 g/mol. The molecule has 0 aliphatic heterocycles. The van der Waals surface area contributed by atoms with Crippen molar-refractivity contribution in [3.8, 4) is 135 Å². The Morgan fingerprint density at radius 2 is 0.403 bits per heavy atom. The van der Waals surface area contributed by atoms with E-state index in [0.717, 1.165) is 66.8 Å². The highest BCUT2D eigenvalue weighted by molar-refractivity contribution is 6.21. The van der Waals surface area contributed by atoms with Crippen LogP contribution in [0.4, 0.5) is 0 Å². The molecule has 10 aromatic heterocycles. The van der Waals surface area contributed by atoms with Gasteiger partial charge in [0.05, 0.1) is 56.9 Å². The molecule has 0 N–H and O–H groups in total. The maximum absolute atomic E-state index is 5.41. The summed E-state index contributed by atoms with van der Waals surface area (Å²) in [6.45, 7) is 0. The van der Waals surface area contributed by atoms with Crippen molar-refractivity contribution < 1.29 is 0 Å². The molecule has 0 bridgehead atoms. The largest absolute Gasteiger partial charge is 0.256 e. The first-order valence-corrected chi connectivity index (χ1v) is 23.2. The van der Waals surface area contributed by atoms with Gasteiger partial charge in [0.25, 0.3) is 0 Å². The number of fused-ring (bicyclic) bond motifs is 8. The third kappa shape index (κ3) is 7.01. The minimum absolute atomic E-state index is 0.611. The van der Waals surface area contributed by atoms with Gasteiger partial charge < -0.3 is 0 Å². The standard InChI is InChI=1S/C60H36N12/c1-9-25-63-39(17-1)49-47-37-33-61-35-71-59(37)58-48(50(40-18-2-10-26-64-40)52(42-20-4-12-28-66-42)54(44-22-6-14-30-68-44)56(58)46-24-8-16-32-70-46)38-34-62-36-72-60(38)57(47)55(45-23-7-15-31-69-45)53(43-21-5-13-29-67-43)51(49)41-19-3-11-27-65-41/h1-36H. The predicted octanol–water partition coefficient (Wildman–Crippen LogP) is 12.7. The van der Waals surface area contributed by atoms with Crippen molar-refractivity contribution in [2.45, 2.75) is 0 Å². The van der Waals surface area contributed by atoms with Crippen LogP contribution in [0.3, 0.4) is 0 Å². The molecule has 2 aromatic carbocycles. The van der Waals surface area contributed by atoms with E-state index in [-0.39, 0.29) is 0 Å². The van der Waals surface area contributed by atoms with Gasteiger partial charge in [0.2, 0.25) is 0 Å². The summed E-state index contributed by atoms with van der Waals surface area (Å²) in [5, 5.41) is 0. The van der Waals surface area contributed by atoms with Crippen LogP contribution in [-0.4, -0.2) is 59.8 Å². The van der Waals surface area contributed by atoms with E-state index in [1.807, 2.05) is 208 Å². The first-order valence-electron chi connectivity index (χ1n) is 23.2. The highest BCUT2D eigenvalue weighted by Gasteiger charge is 2.39. The second-order valence-electron chi connectivity index (χ2n) is 16.8. The van der Waals surface area contributed by atoms with E-state index >= 15 is 0 Å². The number of rotatable bonds is 8. The fraction of sp³-hybridized carbons (Fsp3) is 0. The minimum Gasteiger partial charge on any atom is -0.256 e. The first-order chi connectivity index (χ1) is 35.8. The summed E-state index contributed by atoms with van der Waals surface area (Å²) in [6.07, 6.45) is 21.5. The van der Waals surface area contributed by atoms with Gasteiger partial charge in [0, 0.05) is 140 Å². The molecular formula is C60H36N12. The minimum atomic E-state index is 0.611. The van der Waals surface area contributed by atoms with Crippen LogP contribution < -0.4 is 0 Å². The molecule has 0 fully saturated rings. The third-order valence-corrected chi connectivity index (χ3v) is 12.8. The van der Waals surface area contributed by atoms with E-state index in [4.69, 9.17) is 59.8 Å². The molecule has 0 unspecified atom stereocenters. The lowest BCUT2D eigenvalue weighted by Gasteiger charge is -2.32. The van der Waals surface area contributed by atoms with Crippen LogP contribution in [0.2, 0.25) is 0 Å². The van der Waals surface area contributed by atoms with Crippen LogP contribution in [0.25, 0.3) is 135 Å². The first kappa shape index (κ1) is 41.9. The van der Waals surface area contributed by atoms with Crippen LogP contribution in [0.5, 0.6) is 0 Å². The topological polar surface area (TPSA) is 155 Å². The van der Waals surface area contributed by atoms with E-state index in [9.17, 15) is 0 Å². The normalized spacial score (nSPS) is 11.3. The van der Waals surface area contributed by atoms with E-state index in [0.29, 0.717) is 68.1 Å². The van der Waals surface area contributed by atoms with Crippen molar-refractivity contribution in [3.63, 3.8) is 0 Å². The van der Waals surface area contributed by atoms with Crippen molar-refractivity contribution in [1.82, 2.24) is 59.8 Å². The Morgan fingerprint density at radius 1 is 0.194 bits per heavy atom. The van der Waals surface area contributed by atoms with Crippen molar-refractivity contribution in [2.24, 2.45) is 0 Å². The van der Waals surface area contributed by atoms with Crippen molar-refractivity contribution in [1.29, 1.82) is 0 Å². The Morgan fingerprint density at radius 3 is 0.611 bits per heavy atom. The van der Waals surface area contributed by atoms with Gasteiger partial charge >= 0.3 is 0 Å². The number of pyridine rings is 8. The van der Waals surface area contributed by atoms with E-state index < -0.39 is 0 Å². The molecule has 0 radical (unpaired) electrons. The van der Waals surface area contributed by atoms with Gasteiger partial charge in [0.15, 0.2) is 0 Å². The zero-order chi connectivity index (χ0) is 47.8. The van der Waals surface area contributed by atoms with E-state index in [1.165, 1.54) is 0 Å². The summed E-state index contributed by atoms with van der Waals surface area (Å²) in [5.74, 6) is 0. The highest BCUT2D eigenvalue weighted by Crippen LogP contribution is 2.62. The van der Waals surface area contributed by atoms with Gasteiger partial charge in [-0.25, -0.2) is 19.9 Å². The zero-order valence-electron chi connectivity index (χ0n) is 38.2. The maximum Gasteiger partial charge on any atom is 0.116 e. The molecule has 1 aliphatic rings. The van der Waals surface area contributed by atoms with Crippen LogP contribution in [-0.2, 0) is 0 Å². The van der Waals surface area contributed by atoms with Crippen LogP contribution in [0.15, 0.2) is 220 Å². The number of hydrogen-bond donors (Lipinski definition) is 0. The van der Waals surface area contributed by atoms with Crippen LogP contribution in [0.1, 0.15) is 0 Å². The third-order valence-electron chi connectivity index (χ3n) is 12.8. The molecule has 10 heterocycles. The van der Waals surface area contributed by atoms with Crippen LogP contribution in [0, 0.1) is 0 Å². The Kier molecular flexibility index (Phi) is 10.5. The Balaban J connectivity index is 1.36. The Hall–Kier alpha value is -10.2. The molecule has 12 heteroatoms. The number of nitrogens with zero attached hydrogens (tertiary/aromatic N) is 12. The second-order valence-corrected chi connectivity index (χ2v) is 16.8. The predicted molar refractivity (Wildman–Crippen MR) is 279 cm³/mol. The molecule has 12 nitrogen and oxygen atoms in total. The van der Waals surface area contributed by atoms with Gasteiger partial charge in [-0.1, -0.05) is 48.5 Å². The average molecular weight is 925 g/mol. The van der Waals surface area contributed by atoms with Gasteiger partial charge in [-0.15, -0.1) is 0 Å². The SMILES string of the molecule is c1ccc(-c2c(-c3ccccn3)c(-c3ccccn3)c3c(c2-c2ccccn2)-c2cncnc2-c2c(-c4ccccn4)c(-c4ccccn4)c(-c4ccccn4)c(-c4ccccn4)c2-c2cncnc2-3)nc1. The molecule has 0 amide bonds. The maximum atomic E-state index is 5.41. The zero-order valence-corrected chi connectivity index (χ0v) is 38.2. The number of benzene rings is 2. The average Bonchev–Trinajstić information content (AvgIpc) is 3.47. The lowest BCUT2D eigenvalue weighted by molar-refractivity contribution is 1.15. The summed E-state index contributed by atoms with van der Waals surface area (Å²) >= 11 is 0. The van der Waals surface area contributed by atoms with Gasteiger partial charge in [-0.3, -0.25) is 39.9 Å². The molecule has 72 heavy (non-hydrogen) atoms. The fourth-order valence-corrected chi connectivity index (χ4v) is 10.1. The van der Waals surface area contributed by atoms with Crippen LogP contribution >= 0.6 is 0 Å².